The molecule has 132 valence electrons. The lowest BCUT2D eigenvalue weighted by atomic mass is 9.64. The van der Waals surface area contributed by atoms with Crippen molar-refractivity contribution in [1.82, 2.24) is 5.32 Å². The first-order valence-electron chi connectivity index (χ1n) is 8.12. The van der Waals surface area contributed by atoms with Crippen molar-refractivity contribution in [3.63, 3.8) is 0 Å². The smallest absolute Gasteiger partial charge is 0.255 e. The molecule has 3 rings (SSSR count). The third kappa shape index (κ3) is 3.42. The topological polar surface area (TPSA) is 64.3 Å². The van der Waals surface area contributed by atoms with Crippen LogP contribution < -0.4 is 15.8 Å². The summed E-state index contributed by atoms with van der Waals surface area (Å²) in [6.45, 7) is 0.475. The van der Waals surface area contributed by atoms with E-state index in [9.17, 15) is 9.18 Å². The summed E-state index contributed by atoms with van der Waals surface area (Å²) in [6.07, 6.45) is 3.00. The minimum Gasteiger partial charge on any atom is -0.496 e. The van der Waals surface area contributed by atoms with Gasteiger partial charge in [-0.2, -0.15) is 0 Å². The van der Waals surface area contributed by atoms with E-state index in [0.717, 1.165) is 24.8 Å². The maximum atomic E-state index is 13.2. The summed E-state index contributed by atoms with van der Waals surface area (Å²) in [4.78, 5) is 12.6. The fourth-order valence-corrected chi connectivity index (χ4v) is 3.40. The molecule has 1 aliphatic rings. The number of ether oxygens (including phenoxy) is 1. The zero-order valence-electron chi connectivity index (χ0n) is 13.9. The minimum absolute atomic E-state index is 0.145. The lowest BCUT2D eigenvalue weighted by molar-refractivity contribution is 0.0925. The summed E-state index contributed by atoms with van der Waals surface area (Å²) in [6, 6.07) is 9.55. The van der Waals surface area contributed by atoms with Crippen LogP contribution in [0.25, 0.3) is 0 Å². The van der Waals surface area contributed by atoms with Crippen molar-refractivity contribution in [2.75, 3.05) is 19.4 Å². The number of carbonyl (C=O) groups is 1. The predicted octanol–water partition coefficient (Wildman–Crippen LogP) is 3.92. The van der Waals surface area contributed by atoms with Gasteiger partial charge in [0.15, 0.2) is 0 Å². The van der Waals surface area contributed by atoms with Gasteiger partial charge in [0, 0.05) is 18.0 Å². The van der Waals surface area contributed by atoms with Crippen molar-refractivity contribution in [2.45, 2.75) is 24.7 Å². The molecule has 0 heterocycles. The Morgan fingerprint density at radius 2 is 2.00 bits per heavy atom. The van der Waals surface area contributed by atoms with Crippen LogP contribution in [-0.2, 0) is 5.41 Å². The van der Waals surface area contributed by atoms with E-state index < -0.39 is 0 Å². The van der Waals surface area contributed by atoms with E-state index >= 15 is 0 Å². The highest BCUT2D eigenvalue weighted by molar-refractivity contribution is 6.33. The molecular formula is C19H20ClFN2O2. The average molecular weight is 363 g/mol. The summed E-state index contributed by atoms with van der Waals surface area (Å²) in [5.74, 6) is -0.153. The van der Waals surface area contributed by atoms with Gasteiger partial charge in [0.2, 0.25) is 0 Å². The van der Waals surface area contributed by atoms with E-state index in [1.807, 2.05) is 0 Å². The lowest BCUT2D eigenvalue weighted by Crippen LogP contribution is -2.45. The standard InChI is InChI=1S/C19H20ClFN2O2/c1-25-17-10-16(22)15(20)9-14(17)18(24)23-11-19(7-2-8-19)12-3-5-13(21)6-4-12/h3-6,9-10H,2,7-8,11,22H2,1H3,(H,23,24). The molecule has 25 heavy (non-hydrogen) atoms. The van der Waals surface area contributed by atoms with Gasteiger partial charge in [-0.1, -0.05) is 30.2 Å². The molecule has 1 fully saturated rings. The molecule has 0 aliphatic heterocycles. The van der Waals surface area contributed by atoms with E-state index in [-0.39, 0.29) is 17.1 Å². The van der Waals surface area contributed by atoms with Gasteiger partial charge >= 0.3 is 0 Å². The quantitative estimate of drug-likeness (QED) is 0.792. The number of benzene rings is 2. The Kier molecular flexibility index (Phi) is 4.86. The summed E-state index contributed by atoms with van der Waals surface area (Å²) < 4.78 is 18.4. The Hall–Kier alpha value is -2.27. The van der Waals surface area contributed by atoms with E-state index in [1.54, 1.807) is 12.1 Å². The predicted molar refractivity (Wildman–Crippen MR) is 96.7 cm³/mol. The fraction of sp³-hybridized carbons (Fsp3) is 0.316. The zero-order valence-corrected chi connectivity index (χ0v) is 14.7. The number of anilines is 1. The van der Waals surface area contributed by atoms with Crippen LogP contribution in [0.1, 0.15) is 35.2 Å². The van der Waals surface area contributed by atoms with Gasteiger partial charge in [-0.05, 0) is 36.6 Å². The Bertz CT molecular complexity index is 789. The lowest BCUT2D eigenvalue weighted by Gasteiger charge is -2.42. The highest BCUT2D eigenvalue weighted by atomic mass is 35.5. The molecule has 0 spiro atoms. The van der Waals surface area contributed by atoms with Gasteiger partial charge in [0.1, 0.15) is 11.6 Å². The largest absolute Gasteiger partial charge is 0.496 e. The molecule has 2 aromatic carbocycles. The van der Waals surface area contributed by atoms with E-state index in [4.69, 9.17) is 22.1 Å². The number of hydrogen-bond donors (Lipinski definition) is 2. The second kappa shape index (κ2) is 6.92. The van der Waals surface area contributed by atoms with Crippen molar-refractivity contribution >= 4 is 23.2 Å². The van der Waals surface area contributed by atoms with Crippen LogP contribution in [0.4, 0.5) is 10.1 Å². The summed E-state index contributed by atoms with van der Waals surface area (Å²) in [5, 5.41) is 3.27. The molecule has 0 unspecified atom stereocenters. The molecular weight excluding hydrogens is 343 g/mol. The number of halogens is 2. The summed E-state index contributed by atoms with van der Waals surface area (Å²) >= 11 is 6.03. The van der Waals surface area contributed by atoms with Crippen molar-refractivity contribution < 1.29 is 13.9 Å². The van der Waals surface area contributed by atoms with Gasteiger partial charge in [-0.3, -0.25) is 4.79 Å². The molecule has 2 aromatic rings. The molecule has 0 saturated heterocycles. The number of carbonyl (C=O) groups excluding carboxylic acids is 1. The van der Waals surface area contributed by atoms with E-state index in [2.05, 4.69) is 5.32 Å². The van der Waals surface area contributed by atoms with Crippen LogP contribution >= 0.6 is 11.6 Å². The number of nitrogens with one attached hydrogen (secondary N) is 1. The monoisotopic (exact) mass is 362 g/mol. The highest BCUT2D eigenvalue weighted by Gasteiger charge is 2.39. The van der Waals surface area contributed by atoms with Crippen molar-refractivity contribution in [1.29, 1.82) is 0 Å². The molecule has 1 amide bonds. The van der Waals surface area contributed by atoms with Crippen molar-refractivity contribution in [2.24, 2.45) is 0 Å². The Balaban J connectivity index is 1.77. The molecule has 4 nitrogen and oxygen atoms in total. The first-order valence-corrected chi connectivity index (χ1v) is 8.50. The second-order valence-electron chi connectivity index (χ2n) is 6.40. The summed E-state index contributed by atoms with van der Waals surface area (Å²) in [7, 11) is 1.48. The van der Waals surface area contributed by atoms with Crippen LogP contribution in [0.5, 0.6) is 5.75 Å². The SMILES string of the molecule is COc1cc(N)c(Cl)cc1C(=O)NCC1(c2ccc(F)cc2)CCC1. The van der Waals surface area contributed by atoms with Crippen LogP contribution in [0.3, 0.4) is 0 Å². The van der Waals surface area contributed by atoms with Gasteiger partial charge in [-0.25, -0.2) is 4.39 Å². The van der Waals surface area contributed by atoms with Crippen LogP contribution in [0.15, 0.2) is 36.4 Å². The van der Waals surface area contributed by atoms with E-state index in [1.165, 1.54) is 31.4 Å². The van der Waals surface area contributed by atoms with Gasteiger partial charge < -0.3 is 15.8 Å². The number of hydrogen-bond acceptors (Lipinski definition) is 3. The number of rotatable bonds is 5. The van der Waals surface area contributed by atoms with Crippen molar-refractivity contribution in [3.05, 3.63) is 58.4 Å². The molecule has 6 heteroatoms. The number of amides is 1. The molecule has 0 bridgehead atoms. The maximum absolute atomic E-state index is 13.2. The normalized spacial score (nSPS) is 15.3. The zero-order chi connectivity index (χ0) is 18.0. The number of nitrogen functional groups attached to an aromatic ring is 1. The maximum Gasteiger partial charge on any atom is 0.255 e. The number of nitrogens with two attached hydrogens (primary N) is 1. The highest BCUT2D eigenvalue weighted by Crippen LogP contribution is 2.43. The first kappa shape index (κ1) is 17.5. The third-order valence-corrected chi connectivity index (χ3v) is 5.25. The van der Waals surface area contributed by atoms with Gasteiger partial charge in [-0.15, -0.1) is 0 Å². The molecule has 0 radical (unpaired) electrons. The molecule has 0 aromatic heterocycles. The first-order chi connectivity index (χ1) is 11.9. The van der Waals surface area contributed by atoms with Crippen LogP contribution in [-0.4, -0.2) is 19.6 Å². The van der Waals surface area contributed by atoms with Crippen LogP contribution in [0.2, 0.25) is 5.02 Å². The Labute approximate surface area is 151 Å². The average Bonchev–Trinajstić information content (AvgIpc) is 2.57. The fourth-order valence-electron chi connectivity index (χ4n) is 3.23. The molecule has 3 N–H and O–H groups in total. The van der Waals surface area contributed by atoms with Crippen molar-refractivity contribution in [3.8, 4) is 5.75 Å². The third-order valence-electron chi connectivity index (χ3n) is 4.92. The Morgan fingerprint density at radius 3 is 2.56 bits per heavy atom. The van der Waals surface area contributed by atoms with Gasteiger partial charge in [0.05, 0.1) is 23.4 Å². The van der Waals surface area contributed by atoms with Gasteiger partial charge in [0.25, 0.3) is 5.91 Å². The summed E-state index contributed by atoms with van der Waals surface area (Å²) in [5.41, 5.74) is 7.35. The number of methoxy groups -OCH3 is 1. The molecule has 1 aliphatic carbocycles. The van der Waals surface area contributed by atoms with E-state index in [0.29, 0.717) is 28.6 Å². The molecule has 0 atom stereocenters. The Morgan fingerprint density at radius 1 is 1.32 bits per heavy atom. The second-order valence-corrected chi connectivity index (χ2v) is 6.80. The minimum atomic E-state index is -0.271. The van der Waals surface area contributed by atoms with Crippen LogP contribution in [0, 0.1) is 5.82 Å². The molecule has 1 saturated carbocycles.